The van der Waals surface area contributed by atoms with Gasteiger partial charge in [-0.25, -0.2) is 0 Å². The maximum absolute atomic E-state index is 10.2. The van der Waals surface area contributed by atoms with Crippen molar-refractivity contribution in [3.8, 4) is 0 Å². The Kier molecular flexibility index (Phi) is 4.88. The SMILES string of the molecule is CNCC(CC(=O)O)NC. The van der Waals surface area contributed by atoms with E-state index in [1.54, 1.807) is 14.1 Å². The minimum Gasteiger partial charge on any atom is -0.481 e. The van der Waals surface area contributed by atoms with Crippen LogP contribution in [0.4, 0.5) is 0 Å². The van der Waals surface area contributed by atoms with Gasteiger partial charge >= 0.3 is 5.97 Å². The summed E-state index contributed by atoms with van der Waals surface area (Å²) >= 11 is 0. The van der Waals surface area contributed by atoms with Gasteiger partial charge in [0.15, 0.2) is 0 Å². The van der Waals surface area contributed by atoms with Crippen molar-refractivity contribution in [2.45, 2.75) is 12.5 Å². The molecule has 0 aromatic rings. The molecule has 0 amide bonds. The lowest BCUT2D eigenvalue weighted by molar-refractivity contribution is -0.137. The van der Waals surface area contributed by atoms with Crippen LogP contribution in [0, 0.1) is 0 Å². The van der Waals surface area contributed by atoms with Crippen LogP contribution < -0.4 is 10.6 Å². The van der Waals surface area contributed by atoms with Gasteiger partial charge in [0.2, 0.25) is 0 Å². The standard InChI is InChI=1S/C6H14N2O2/c1-7-4-5(8-2)3-6(9)10/h5,7-8H,3-4H2,1-2H3,(H,9,10). The summed E-state index contributed by atoms with van der Waals surface area (Å²) in [6, 6.07) is 0.0301. The van der Waals surface area contributed by atoms with Crippen LogP contribution >= 0.6 is 0 Å². The third-order valence-electron chi connectivity index (χ3n) is 1.28. The number of carbonyl (C=O) groups is 1. The van der Waals surface area contributed by atoms with Crippen molar-refractivity contribution >= 4 is 5.97 Å². The van der Waals surface area contributed by atoms with Gasteiger partial charge in [0.25, 0.3) is 0 Å². The molecule has 4 nitrogen and oxygen atoms in total. The number of carboxylic acid groups (broad SMARTS) is 1. The number of rotatable bonds is 5. The Balaban J connectivity index is 3.49. The number of hydrogen-bond acceptors (Lipinski definition) is 3. The van der Waals surface area contributed by atoms with Crippen molar-refractivity contribution in [2.24, 2.45) is 0 Å². The van der Waals surface area contributed by atoms with Gasteiger partial charge in [-0.3, -0.25) is 4.79 Å². The van der Waals surface area contributed by atoms with Crippen LogP contribution in [-0.4, -0.2) is 37.8 Å². The molecule has 10 heavy (non-hydrogen) atoms. The van der Waals surface area contributed by atoms with Crippen LogP contribution in [0.3, 0.4) is 0 Å². The number of nitrogens with one attached hydrogen (secondary N) is 2. The number of carboxylic acids is 1. The molecule has 0 aromatic heterocycles. The molecule has 0 spiro atoms. The lowest BCUT2D eigenvalue weighted by atomic mass is 10.2. The largest absolute Gasteiger partial charge is 0.481 e. The summed E-state index contributed by atoms with van der Waals surface area (Å²) in [4.78, 5) is 10.2. The number of aliphatic carboxylic acids is 1. The van der Waals surface area contributed by atoms with Crippen LogP contribution in [0.5, 0.6) is 0 Å². The van der Waals surface area contributed by atoms with E-state index < -0.39 is 5.97 Å². The van der Waals surface area contributed by atoms with Crippen molar-refractivity contribution in [1.29, 1.82) is 0 Å². The molecule has 0 aliphatic rings. The molecule has 0 heterocycles. The molecule has 1 atom stereocenters. The average Bonchev–Trinajstić information content (AvgIpc) is 1.86. The molecule has 60 valence electrons. The molecule has 0 aliphatic carbocycles. The summed E-state index contributed by atoms with van der Waals surface area (Å²) < 4.78 is 0. The van der Waals surface area contributed by atoms with E-state index in [0.717, 1.165) is 0 Å². The van der Waals surface area contributed by atoms with Crippen LogP contribution in [0.1, 0.15) is 6.42 Å². The molecule has 3 N–H and O–H groups in total. The third-order valence-corrected chi connectivity index (χ3v) is 1.28. The van der Waals surface area contributed by atoms with Crippen LogP contribution in [-0.2, 0) is 4.79 Å². The van der Waals surface area contributed by atoms with Gasteiger partial charge in [0.05, 0.1) is 6.42 Å². The molecule has 0 fully saturated rings. The summed E-state index contributed by atoms with van der Waals surface area (Å²) in [5.74, 6) is -0.769. The smallest absolute Gasteiger partial charge is 0.304 e. The van der Waals surface area contributed by atoms with E-state index in [1.807, 2.05) is 0 Å². The number of likely N-dealkylation sites (N-methyl/N-ethyl adjacent to an activating group) is 2. The van der Waals surface area contributed by atoms with Crippen molar-refractivity contribution in [3.05, 3.63) is 0 Å². The minimum absolute atomic E-state index is 0.0301. The highest BCUT2D eigenvalue weighted by Gasteiger charge is 2.08. The Bertz CT molecular complexity index is 106. The predicted octanol–water partition coefficient (Wildman–Crippen LogP) is -0.731. The normalized spacial score (nSPS) is 13.0. The van der Waals surface area contributed by atoms with Crippen molar-refractivity contribution in [3.63, 3.8) is 0 Å². The summed E-state index contributed by atoms with van der Waals surface area (Å²) in [5.41, 5.74) is 0. The molecule has 4 heteroatoms. The van der Waals surface area contributed by atoms with E-state index in [1.165, 1.54) is 0 Å². The highest BCUT2D eigenvalue weighted by molar-refractivity contribution is 5.67. The zero-order valence-electron chi connectivity index (χ0n) is 6.35. The Morgan fingerprint density at radius 3 is 2.50 bits per heavy atom. The van der Waals surface area contributed by atoms with E-state index in [-0.39, 0.29) is 12.5 Å². The van der Waals surface area contributed by atoms with E-state index in [0.29, 0.717) is 6.54 Å². The van der Waals surface area contributed by atoms with Gasteiger partial charge < -0.3 is 15.7 Å². The van der Waals surface area contributed by atoms with Gasteiger partial charge in [-0.15, -0.1) is 0 Å². The van der Waals surface area contributed by atoms with Gasteiger partial charge in [0, 0.05) is 12.6 Å². The second-order valence-electron chi connectivity index (χ2n) is 2.14. The van der Waals surface area contributed by atoms with Gasteiger partial charge in [-0.1, -0.05) is 0 Å². The van der Waals surface area contributed by atoms with E-state index in [2.05, 4.69) is 10.6 Å². The van der Waals surface area contributed by atoms with E-state index in [9.17, 15) is 4.79 Å². The molecular formula is C6H14N2O2. The monoisotopic (exact) mass is 146 g/mol. The molecule has 0 rings (SSSR count). The Morgan fingerprint density at radius 2 is 2.20 bits per heavy atom. The maximum atomic E-state index is 10.2. The fraction of sp³-hybridized carbons (Fsp3) is 0.833. The highest BCUT2D eigenvalue weighted by atomic mass is 16.4. The molecule has 0 radical (unpaired) electrons. The molecule has 0 bridgehead atoms. The molecule has 0 saturated heterocycles. The fourth-order valence-electron chi connectivity index (χ4n) is 0.733. The van der Waals surface area contributed by atoms with Crippen molar-refractivity contribution in [1.82, 2.24) is 10.6 Å². The van der Waals surface area contributed by atoms with Gasteiger partial charge in [-0.05, 0) is 14.1 Å². The second-order valence-corrected chi connectivity index (χ2v) is 2.14. The predicted molar refractivity (Wildman–Crippen MR) is 39.0 cm³/mol. The minimum atomic E-state index is -0.769. The van der Waals surface area contributed by atoms with Crippen molar-refractivity contribution < 1.29 is 9.90 Å². The summed E-state index contributed by atoms with van der Waals surface area (Å²) in [6.07, 6.45) is 0.164. The summed E-state index contributed by atoms with van der Waals surface area (Å²) in [5, 5.41) is 14.2. The molecule has 0 aromatic carbocycles. The molecule has 0 aliphatic heterocycles. The number of hydrogen-bond donors (Lipinski definition) is 3. The Labute approximate surface area is 60.6 Å². The van der Waals surface area contributed by atoms with Crippen LogP contribution in [0.25, 0.3) is 0 Å². The maximum Gasteiger partial charge on any atom is 0.304 e. The first-order chi connectivity index (χ1) is 4.70. The lowest BCUT2D eigenvalue weighted by Gasteiger charge is -2.11. The van der Waals surface area contributed by atoms with Crippen molar-refractivity contribution in [2.75, 3.05) is 20.6 Å². The second kappa shape index (κ2) is 5.20. The Hall–Kier alpha value is -0.610. The van der Waals surface area contributed by atoms with E-state index >= 15 is 0 Å². The summed E-state index contributed by atoms with van der Waals surface area (Å²) in [7, 11) is 3.55. The first-order valence-electron chi connectivity index (χ1n) is 3.24. The lowest BCUT2D eigenvalue weighted by Crippen LogP contribution is -2.36. The first-order valence-corrected chi connectivity index (χ1v) is 3.24. The van der Waals surface area contributed by atoms with Gasteiger partial charge in [0.1, 0.15) is 0 Å². The highest BCUT2D eigenvalue weighted by Crippen LogP contribution is 1.87. The quantitative estimate of drug-likeness (QED) is 0.478. The topological polar surface area (TPSA) is 61.4 Å². The van der Waals surface area contributed by atoms with E-state index in [4.69, 9.17) is 5.11 Å². The van der Waals surface area contributed by atoms with Gasteiger partial charge in [-0.2, -0.15) is 0 Å². The molecule has 0 saturated carbocycles. The van der Waals surface area contributed by atoms with Crippen LogP contribution in [0.2, 0.25) is 0 Å². The fourth-order valence-corrected chi connectivity index (χ4v) is 0.733. The Morgan fingerprint density at radius 1 is 1.60 bits per heavy atom. The molecular weight excluding hydrogens is 132 g/mol. The first kappa shape index (κ1) is 9.39. The third kappa shape index (κ3) is 4.29. The van der Waals surface area contributed by atoms with Crippen LogP contribution in [0.15, 0.2) is 0 Å². The average molecular weight is 146 g/mol. The summed E-state index contributed by atoms with van der Waals surface area (Å²) in [6.45, 7) is 0.683. The zero-order valence-corrected chi connectivity index (χ0v) is 6.35. The zero-order chi connectivity index (χ0) is 7.98. The molecule has 1 unspecified atom stereocenters.